The standard InChI is InChI=1S/C15H20N4OS/c16-13-4-2-1-3-12(13)14(20)11-18-6-8-19(9-7-18)15-17-5-10-21-15/h1-5,10,14,20H,6-9,11,16H2. The molecular formula is C15H20N4OS. The summed E-state index contributed by atoms with van der Waals surface area (Å²) in [7, 11) is 0. The Kier molecular flexibility index (Phi) is 4.38. The van der Waals surface area contributed by atoms with Crippen LogP contribution in [0.1, 0.15) is 11.7 Å². The van der Waals surface area contributed by atoms with Gasteiger partial charge in [-0.1, -0.05) is 18.2 Å². The van der Waals surface area contributed by atoms with E-state index in [0.717, 1.165) is 36.9 Å². The predicted octanol–water partition coefficient (Wildman–Crippen LogP) is 1.58. The van der Waals surface area contributed by atoms with E-state index in [-0.39, 0.29) is 0 Å². The number of rotatable bonds is 4. The number of nitrogens with two attached hydrogens (primary N) is 1. The van der Waals surface area contributed by atoms with E-state index >= 15 is 0 Å². The Bertz CT molecular complexity index is 567. The zero-order valence-corrected chi connectivity index (χ0v) is 12.7. The third kappa shape index (κ3) is 3.34. The molecule has 0 saturated carbocycles. The minimum Gasteiger partial charge on any atom is -0.398 e. The molecule has 3 N–H and O–H groups in total. The van der Waals surface area contributed by atoms with Crippen LogP contribution in [0.25, 0.3) is 0 Å². The van der Waals surface area contributed by atoms with Gasteiger partial charge in [-0.15, -0.1) is 11.3 Å². The zero-order valence-electron chi connectivity index (χ0n) is 11.9. The molecule has 5 nitrogen and oxygen atoms in total. The van der Waals surface area contributed by atoms with Gasteiger partial charge in [-0.3, -0.25) is 4.90 Å². The molecule has 21 heavy (non-hydrogen) atoms. The van der Waals surface area contributed by atoms with Crippen LogP contribution in [0.4, 0.5) is 10.8 Å². The van der Waals surface area contributed by atoms with Crippen molar-refractivity contribution in [3.8, 4) is 0 Å². The molecule has 1 atom stereocenters. The molecule has 1 fully saturated rings. The Balaban J connectivity index is 1.55. The highest BCUT2D eigenvalue weighted by Crippen LogP contribution is 2.23. The van der Waals surface area contributed by atoms with Crippen LogP contribution in [0.3, 0.4) is 0 Å². The predicted molar refractivity (Wildman–Crippen MR) is 86.6 cm³/mol. The van der Waals surface area contributed by atoms with Crippen molar-refractivity contribution in [2.45, 2.75) is 6.10 Å². The number of benzene rings is 1. The van der Waals surface area contributed by atoms with Crippen LogP contribution in [0.5, 0.6) is 0 Å². The number of aromatic nitrogens is 1. The number of thiazole rings is 1. The number of nitrogen functional groups attached to an aromatic ring is 1. The van der Waals surface area contributed by atoms with Crippen LogP contribution in [-0.4, -0.2) is 47.7 Å². The summed E-state index contributed by atoms with van der Waals surface area (Å²) in [4.78, 5) is 8.92. The SMILES string of the molecule is Nc1ccccc1C(O)CN1CCN(c2nccs2)CC1. The number of para-hydroxylation sites is 1. The number of aliphatic hydroxyl groups is 1. The van der Waals surface area contributed by atoms with Gasteiger partial charge in [-0.25, -0.2) is 4.98 Å². The van der Waals surface area contributed by atoms with E-state index in [1.807, 2.05) is 35.8 Å². The molecule has 0 aliphatic carbocycles. The molecule has 1 unspecified atom stereocenters. The van der Waals surface area contributed by atoms with Crippen molar-refractivity contribution in [1.29, 1.82) is 0 Å². The van der Waals surface area contributed by atoms with Gasteiger partial charge in [-0.2, -0.15) is 0 Å². The van der Waals surface area contributed by atoms with Crippen molar-refractivity contribution < 1.29 is 5.11 Å². The molecule has 6 heteroatoms. The minimum atomic E-state index is -0.530. The van der Waals surface area contributed by atoms with Crippen LogP contribution in [-0.2, 0) is 0 Å². The van der Waals surface area contributed by atoms with Gasteiger partial charge in [-0.05, 0) is 6.07 Å². The second-order valence-electron chi connectivity index (χ2n) is 5.25. The van der Waals surface area contributed by atoms with Crippen molar-refractivity contribution in [2.24, 2.45) is 0 Å². The molecule has 1 aliphatic heterocycles. The Morgan fingerprint density at radius 3 is 2.67 bits per heavy atom. The molecule has 112 valence electrons. The fourth-order valence-corrected chi connectivity index (χ4v) is 3.35. The second-order valence-corrected chi connectivity index (χ2v) is 6.12. The maximum atomic E-state index is 10.4. The van der Waals surface area contributed by atoms with Gasteiger partial charge in [0.1, 0.15) is 0 Å². The monoisotopic (exact) mass is 304 g/mol. The fourth-order valence-electron chi connectivity index (χ4n) is 2.65. The second kappa shape index (κ2) is 6.43. The number of anilines is 2. The summed E-state index contributed by atoms with van der Waals surface area (Å²) in [5.41, 5.74) is 7.40. The van der Waals surface area contributed by atoms with E-state index in [1.54, 1.807) is 11.3 Å². The third-order valence-electron chi connectivity index (χ3n) is 3.85. The lowest BCUT2D eigenvalue weighted by Gasteiger charge is -2.35. The molecule has 2 aromatic rings. The molecule has 0 bridgehead atoms. The van der Waals surface area contributed by atoms with Crippen molar-refractivity contribution in [2.75, 3.05) is 43.4 Å². The quantitative estimate of drug-likeness (QED) is 0.840. The summed E-state index contributed by atoms with van der Waals surface area (Å²) in [6, 6.07) is 7.53. The van der Waals surface area contributed by atoms with Gasteiger partial charge >= 0.3 is 0 Å². The number of piperazine rings is 1. The molecule has 1 aliphatic rings. The summed E-state index contributed by atoms with van der Waals surface area (Å²) in [5.74, 6) is 0. The van der Waals surface area contributed by atoms with Gasteiger partial charge in [0.25, 0.3) is 0 Å². The molecule has 1 aromatic carbocycles. The summed E-state index contributed by atoms with van der Waals surface area (Å²) in [6.45, 7) is 4.39. The number of nitrogens with zero attached hydrogens (tertiary/aromatic N) is 3. The summed E-state index contributed by atoms with van der Waals surface area (Å²) < 4.78 is 0. The van der Waals surface area contributed by atoms with E-state index in [1.165, 1.54) is 0 Å². The Hall–Kier alpha value is -1.63. The average Bonchev–Trinajstić information content (AvgIpc) is 3.02. The molecular weight excluding hydrogens is 284 g/mol. The highest BCUT2D eigenvalue weighted by atomic mass is 32.1. The number of β-amino-alcohol motifs (C(OH)–C–C–N with tert-alkyl or cyclic N) is 1. The lowest BCUT2D eigenvalue weighted by molar-refractivity contribution is 0.110. The lowest BCUT2D eigenvalue weighted by Crippen LogP contribution is -2.47. The molecule has 0 radical (unpaired) electrons. The zero-order chi connectivity index (χ0) is 14.7. The van der Waals surface area contributed by atoms with Crippen LogP contribution in [0.2, 0.25) is 0 Å². The number of hydrogen-bond donors (Lipinski definition) is 2. The topological polar surface area (TPSA) is 65.6 Å². The van der Waals surface area contributed by atoms with E-state index in [0.29, 0.717) is 12.2 Å². The Labute approximate surface area is 128 Å². The first-order chi connectivity index (χ1) is 10.2. The molecule has 0 spiro atoms. The van der Waals surface area contributed by atoms with Gasteiger partial charge < -0.3 is 15.7 Å². The molecule has 2 heterocycles. The summed E-state index contributed by atoms with van der Waals surface area (Å²) in [5, 5.41) is 13.4. The smallest absolute Gasteiger partial charge is 0.185 e. The minimum absolute atomic E-state index is 0.530. The highest BCUT2D eigenvalue weighted by Gasteiger charge is 2.21. The van der Waals surface area contributed by atoms with Crippen molar-refractivity contribution >= 4 is 22.2 Å². The third-order valence-corrected chi connectivity index (χ3v) is 4.68. The molecule has 3 rings (SSSR count). The van der Waals surface area contributed by atoms with Crippen LogP contribution in [0.15, 0.2) is 35.8 Å². The largest absolute Gasteiger partial charge is 0.398 e. The first kappa shape index (κ1) is 14.3. The maximum absolute atomic E-state index is 10.4. The molecule has 1 aromatic heterocycles. The van der Waals surface area contributed by atoms with Gasteiger partial charge in [0.2, 0.25) is 0 Å². The van der Waals surface area contributed by atoms with E-state index < -0.39 is 6.10 Å². The fraction of sp³-hybridized carbons (Fsp3) is 0.400. The van der Waals surface area contributed by atoms with Crippen LogP contribution >= 0.6 is 11.3 Å². The first-order valence-electron chi connectivity index (χ1n) is 7.13. The van der Waals surface area contributed by atoms with E-state index in [4.69, 9.17) is 5.73 Å². The Morgan fingerprint density at radius 2 is 2.00 bits per heavy atom. The van der Waals surface area contributed by atoms with Crippen LogP contribution < -0.4 is 10.6 Å². The van der Waals surface area contributed by atoms with E-state index in [2.05, 4.69) is 14.8 Å². The Morgan fingerprint density at radius 1 is 1.24 bits per heavy atom. The van der Waals surface area contributed by atoms with E-state index in [9.17, 15) is 5.11 Å². The van der Waals surface area contributed by atoms with Crippen LogP contribution in [0, 0.1) is 0 Å². The number of hydrogen-bond acceptors (Lipinski definition) is 6. The van der Waals surface area contributed by atoms with Gasteiger partial charge in [0.15, 0.2) is 5.13 Å². The average molecular weight is 304 g/mol. The van der Waals surface area contributed by atoms with Gasteiger partial charge in [0, 0.05) is 55.6 Å². The van der Waals surface area contributed by atoms with Crippen molar-refractivity contribution in [3.05, 3.63) is 41.4 Å². The normalized spacial score (nSPS) is 17.9. The van der Waals surface area contributed by atoms with Crippen molar-refractivity contribution in [3.63, 3.8) is 0 Å². The summed E-state index contributed by atoms with van der Waals surface area (Å²) >= 11 is 1.67. The lowest BCUT2D eigenvalue weighted by atomic mass is 10.1. The molecule has 0 amide bonds. The maximum Gasteiger partial charge on any atom is 0.185 e. The summed E-state index contributed by atoms with van der Waals surface area (Å²) in [6.07, 6.45) is 1.31. The van der Waals surface area contributed by atoms with Crippen molar-refractivity contribution in [1.82, 2.24) is 9.88 Å². The number of aliphatic hydroxyl groups excluding tert-OH is 1. The first-order valence-corrected chi connectivity index (χ1v) is 8.01. The highest BCUT2D eigenvalue weighted by molar-refractivity contribution is 7.13. The molecule has 1 saturated heterocycles. The van der Waals surface area contributed by atoms with Gasteiger partial charge in [0.05, 0.1) is 6.10 Å².